The molecule has 0 saturated heterocycles. The number of carbonyl (C=O) groups excluding carboxylic acids is 3. The number of methoxy groups -OCH3 is 2. The van der Waals surface area contributed by atoms with E-state index in [0.29, 0.717) is 30.7 Å². The Morgan fingerprint density at radius 3 is 2.46 bits per heavy atom. The number of cyclic esters (lactones) is 1. The highest BCUT2D eigenvalue weighted by atomic mass is 35.5. The van der Waals surface area contributed by atoms with E-state index in [-0.39, 0.29) is 35.7 Å². The van der Waals surface area contributed by atoms with E-state index in [1.807, 2.05) is 65.8 Å². The fourth-order valence-corrected chi connectivity index (χ4v) is 4.16. The maximum absolute atomic E-state index is 12.9. The van der Waals surface area contributed by atoms with Crippen molar-refractivity contribution in [2.75, 3.05) is 14.2 Å². The third-order valence-electron chi connectivity index (χ3n) is 6.44. The second kappa shape index (κ2) is 18.4. The van der Waals surface area contributed by atoms with Gasteiger partial charge in [-0.1, -0.05) is 81.3 Å². The van der Waals surface area contributed by atoms with Crippen molar-refractivity contribution in [1.82, 2.24) is 10.6 Å². The topological polar surface area (TPSA) is 103 Å². The van der Waals surface area contributed by atoms with Crippen LogP contribution in [0.3, 0.4) is 0 Å². The summed E-state index contributed by atoms with van der Waals surface area (Å²) in [6, 6.07) is -0.744. The summed E-state index contributed by atoms with van der Waals surface area (Å²) >= 11 is 5.88. The second-order valence-electron chi connectivity index (χ2n) is 11.1. The molecular formula is C32H47ClN2O6. The standard InChI is InChI=1S/C32H47ClN2O6/c1-22(21-23(2)26-15-11-16-27(40-8)31(38)41-26)13-9-10-17-28(36)35-29(32(4,5)6)30(37)34-20-12-14-25(39-7)19-18-24(3)33/h9-10,12-13,16-18,20-21,23,25-26,29H,11,14-15,19H2,1-8H3,(H,34,37)(H,35,36)/b13-9-,17-10-,20-12-,22-21+,24-18+/t23-,25+,26-,29+/m0/s1. The van der Waals surface area contributed by atoms with Crippen LogP contribution >= 0.6 is 11.6 Å². The van der Waals surface area contributed by atoms with Crippen LogP contribution in [-0.4, -0.2) is 50.3 Å². The molecule has 1 aliphatic heterocycles. The van der Waals surface area contributed by atoms with E-state index in [1.54, 1.807) is 31.5 Å². The minimum absolute atomic E-state index is 0.00708. The van der Waals surface area contributed by atoms with Gasteiger partial charge in [-0.15, -0.1) is 0 Å². The van der Waals surface area contributed by atoms with Crippen molar-refractivity contribution in [3.8, 4) is 0 Å². The SMILES string of the molecule is COC1=CCC[C@@H]([C@@H](C)/C=C(C)/C=C\C=C/C(=O)N[C@H](C(=O)N/C=C\C[C@H](C/C=C(\C)Cl)OC)C(C)(C)C)OC1=O. The smallest absolute Gasteiger partial charge is 0.373 e. The molecule has 0 aromatic rings. The van der Waals surface area contributed by atoms with E-state index in [4.69, 9.17) is 25.8 Å². The van der Waals surface area contributed by atoms with Gasteiger partial charge in [0.1, 0.15) is 12.1 Å². The van der Waals surface area contributed by atoms with E-state index < -0.39 is 17.4 Å². The normalized spacial score (nSPS) is 19.5. The molecule has 0 spiro atoms. The molecule has 1 heterocycles. The highest BCUT2D eigenvalue weighted by Crippen LogP contribution is 2.23. The molecule has 0 aromatic carbocycles. The van der Waals surface area contributed by atoms with Gasteiger partial charge in [-0.3, -0.25) is 9.59 Å². The Bertz CT molecular complexity index is 1060. The maximum atomic E-state index is 12.9. The fraction of sp³-hybridized carbons (Fsp3) is 0.531. The van der Waals surface area contributed by atoms with Crippen LogP contribution in [-0.2, 0) is 28.6 Å². The summed E-state index contributed by atoms with van der Waals surface area (Å²) in [7, 11) is 3.09. The zero-order valence-electron chi connectivity index (χ0n) is 25.7. The third-order valence-corrected chi connectivity index (χ3v) is 6.60. The zero-order chi connectivity index (χ0) is 31.0. The van der Waals surface area contributed by atoms with Gasteiger partial charge in [0.05, 0.1) is 13.2 Å². The van der Waals surface area contributed by atoms with E-state index in [0.717, 1.165) is 5.57 Å². The maximum Gasteiger partial charge on any atom is 0.373 e. The first-order valence-electron chi connectivity index (χ1n) is 13.9. The molecule has 8 nitrogen and oxygen atoms in total. The predicted molar refractivity (Wildman–Crippen MR) is 164 cm³/mol. The molecule has 0 aromatic heterocycles. The Labute approximate surface area is 250 Å². The van der Waals surface area contributed by atoms with Gasteiger partial charge in [0.2, 0.25) is 11.8 Å². The molecule has 0 radical (unpaired) electrons. The number of rotatable bonds is 14. The molecule has 0 saturated carbocycles. The van der Waals surface area contributed by atoms with Gasteiger partial charge in [-0.2, -0.15) is 0 Å². The molecule has 228 valence electrons. The number of amides is 2. The van der Waals surface area contributed by atoms with Crippen molar-refractivity contribution in [2.24, 2.45) is 11.3 Å². The third kappa shape index (κ3) is 14.4. The number of nitrogens with one attached hydrogen (secondary N) is 2. The highest BCUT2D eigenvalue weighted by Gasteiger charge is 2.32. The van der Waals surface area contributed by atoms with Gasteiger partial charge in [-0.25, -0.2) is 4.79 Å². The van der Waals surface area contributed by atoms with Crippen LogP contribution in [0.4, 0.5) is 0 Å². The summed E-state index contributed by atoms with van der Waals surface area (Å²) in [6.07, 6.45) is 18.1. The quantitative estimate of drug-likeness (QED) is 0.146. The van der Waals surface area contributed by atoms with E-state index >= 15 is 0 Å². The predicted octanol–water partition coefficient (Wildman–Crippen LogP) is 6.02. The molecule has 41 heavy (non-hydrogen) atoms. The van der Waals surface area contributed by atoms with Crippen LogP contribution in [0.5, 0.6) is 0 Å². The van der Waals surface area contributed by atoms with Gasteiger partial charge >= 0.3 is 5.97 Å². The largest absolute Gasteiger partial charge is 0.490 e. The first-order valence-corrected chi connectivity index (χ1v) is 14.3. The average Bonchev–Trinajstić information content (AvgIpc) is 3.09. The molecule has 0 unspecified atom stereocenters. The number of hydrogen-bond donors (Lipinski definition) is 2. The van der Waals surface area contributed by atoms with Crippen molar-refractivity contribution >= 4 is 29.4 Å². The van der Waals surface area contributed by atoms with Crippen LogP contribution < -0.4 is 10.6 Å². The average molecular weight is 591 g/mol. The van der Waals surface area contributed by atoms with Crippen LogP contribution in [0.2, 0.25) is 0 Å². The molecule has 0 fully saturated rings. The first kappa shape index (κ1) is 35.9. The summed E-state index contributed by atoms with van der Waals surface area (Å²) in [5.41, 5.74) is 0.455. The number of halogens is 1. The van der Waals surface area contributed by atoms with Crippen molar-refractivity contribution in [2.45, 2.75) is 85.5 Å². The van der Waals surface area contributed by atoms with Gasteiger partial charge in [0.15, 0.2) is 5.76 Å². The van der Waals surface area contributed by atoms with Crippen LogP contribution in [0.15, 0.2) is 71.2 Å². The van der Waals surface area contributed by atoms with Crippen molar-refractivity contribution in [3.63, 3.8) is 0 Å². The minimum Gasteiger partial charge on any atom is -0.490 e. The molecule has 1 aliphatic rings. The fourth-order valence-electron chi connectivity index (χ4n) is 4.07. The lowest BCUT2D eigenvalue weighted by molar-refractivity contribution is -0.149. The zero-order valence-corrected chi connectivity index (χ0v) is 26.4. The number of ether oxygens (including phenoxy) is 3. The molecule has 4 atom stereocenters. The van der Waals surface area contributed by atoms with Gasteiger partial charge in [-0.05, 0) is 57.2 Å². The number of hydrogen-bond acceptors (Lipinski definition) is 6. The summed E-state index contributed by atoms with van der Waals surface area (Å²) in [4.78, 5) is 37.6. The summed E-state index contributed by atoms with van der Waals surface area (Å²) < 4.78 is 16.1. The first-order chi connectivity index (χ1) is 19.3. The summed E-state index contributed by atoms with van der Waals surface area (Å²) in [5.74, 6) is -0.878. The molecule has 0 aliphatic carbocycles. The molecule has 1 rings (SSSR count). The van der Waals surface area contributed by atoms with Crippen LogP contribution in [0, 0.1) is 11.3 Å². The molecule has 0 bridgehead atoms. The summed E-state index contributed by atoms with van der Waals surface area (Å²) in [6.45, 7) is 11.4. The highest BCUT2D eigenvalue weighted by molar-refractivity contribution is 6.29. The Morgan fingerprint density at radius 1 is 1.17 bits per heavy atom. The second-order valence-corrected chi connectivity index (χ2v) is 11.7. The van der Waals surface area contributed by atoms with Crippen molar-refractivity contribution in [3.05, 3.63) is 71.2 Å². The van der Waals surface area contributed by atoms with Gasteiger partial charge in [0.25, 0.3) is 0 Å². The van der Waals surface area contributed by atoms with E-state index in [9.17, 15) is 14.4 Å². The van der Waals surface area contributed by atoms with Gasteiger partial charge in [0, 0.05) is 24.1 Å². The summed E-state index contributed by atoms with van der Waals surface area (Å²) in [5, 5.41) is 6.27. The Hall–Kier alpha value is -3.10. The lowest BCUT2D eigenvalue weighted by Gasteiger charge is -2.29. The van der Waals surface area contributed by atoms with Crippen LogP contribution in [0.1, 0.15) is 67.2 Å². The van der Waals surface area contributed by atoms with Crippen molar-refractivity contribution < 1.29 is 28.6 Å². The number of allylic oxidation sites excluding steroid dienone is 6. The van der Waals surface area contributed by atoms with Gasteiger partial charge < -0.3 is 24.8 Å². The molecule has 2 amide bonds. The number of esters is 1. The van der Waals surface area contributed by atoms with E-state index in [1.165, 1.54) is 13.2 Å². The monoisotopic (exact) mass is 590 g/mol. The number of carbonyl (C=O) groups is 3. The minimum atomic E-state index is -0.744. The molecule has 9 heteroatoms. The Balaban J connectivity index is 2.67. The van der Waals surface area contributed by atoms with Crippen LogP contribution in [0.25, 0.3) is 0 Å². The van der Waals surface area contributed by atoms with Crippen molar-refractivity contribution in [1.29, 1.82) is 0 Å². The Kier molecular flexibility index (Phi) is 16.1. The van der Waals surface area contributed by atoms with E-state index in [2.05, 4.69) is 10.6 Å². The Morgan fingerprint density at radius 2 is 1.85 bits per heavy atom. The lowest BCUT2D eigenvalue weighted by atomic mass is 9.86. The molecular weight excluding hydrogens is 544 g/mol. The molecule has 2 N–H and O–H groups in total. The lowest BCUT2D eigenvalue weighted by Crippen LogP contribution is -2.52.